The second-order valence-electron chi connectivity index (χ2n) is 7.98. The molecule has 0 N–H and O–H groups in total. The number of hydrogen-bond acceptors (Lipinski definition) is 7. The van der Waals surface area contributed by atoms with Gasteiger partial charge in [0.05, 0.1) is 29.3 Å². The number of hydrogen-bond donors (Lipinski definition) is 0. The molecule has 28 heavy (non-hydrogen) atoms. The van der Waals surface area contributed by atoms with Gasteiger partial charge in [-0.15, -0.1) is 11.3 Å². The summed E-state index contributed by atoms with van der Waals surface area (Å²) in [7, 11) is 1.38. The number of methoxy groups -OCH3 is 1. The number of carbonyl (C=O) groups is 2. The quantitative estimate of drug-likeness (QED) is 0.701. The van der Waals surface area contributed by atoms with Gasteiger partial charge in [0.15, 0.2) is 0 Å². The molecule has 0 unspecified atom stereocenters. The number of carbonyl (C=O) groups excluding carboxylic acids is 2. The Kier molecular flexibility index (Phi) is 6.07. The second-order valence-corrected chi connectivity index (χ2v) is 9.11. The van der Waals surface area contributed by atoms with Gasteiger partial charge in [0.1, 0.15) is 11.9 Å². The van der Waals surface area contributed by atoms with Crippen molar-refractivity contribution in [2.45, 2.75) is 45.6 Å². The van der Waals surface area contributed by atoms with Crippen LogP contribution >= 0.6 is 11.3 Å². The number of nitrogens with zero attached hydrogens (tertiary/aromatic N) is 2. The van der Waals surface area contributed by atoms with Gasteiger partial charge in [-0.25, -0.2) is 9.59 Å². The summed E-state index contributed by atoms with van der Waals surface area (Å²) in [5.74, 6) is 0.0941. The minimum Gasteiger partial charge on any atom is -0.465 e. The van der Waals surface area contributed by atoms with E-state index in [1.807, 2.05) is 26.8 Å². The van der Waals surface area contributed by atoms with Crippen LogP contribution < -0.4 is 0 Å². The van der Waals surface area contributed by atoms with Gasteiger partial charge < -0.3 is 18.9 Å². The van der Waals surface area contributed by atoms with Crippen molar-refractivity contribution in [2.75, 3.05) is 20.2 Å². The SMILES string of the molecule is COC(=O)c1cc(CC2CCN(C(=O)OC(C)(C)C)CC2)sc1-c1cnoc1. The summed E-state index contributed by atoms with van der Waals surface area (Å²) < 4.78 is 15.3. The minimum atomic E-state index is -0.479. The van der Waals surface area contributed by atoms with Crippen LogP contribution in [0.4, 0.5) is 4.79 Å². The predicted molar refractivity (Wildman–Crippen MR) is 105 cm³/mol. The third kappa shape index (κ3) is 4.92. The fraction of sp³-hybridized carbons (Fsp3) is 0.550. The van der Waals surface area contributed by atoms with Crippen molar-refractivity contribution in [3.05, 3.63) is 29.0 Å². The average Bonchev–Trinajstić information content (AvgIpc) is 3.29. The maximum atomic E-state index is 12.2. The number of rotatable bonds is 4. The van der Waals surface area contributed by atoms with E-state index < -0.39 is 5.60 Å². The molecule has 1 saturated heterocycles. The number of amides is 1. The molecule has 0 aromatic carbocycles. The van der Waals surface area contributed by atoms with Gasteiger partial charge in [-0.2, -0.15) is 0 Å². The smallest absolute Gasteiger partial charge is 0.410 e. The highest BCUT2D eigenvalue weighted by Gasteiger charge is 2.28. The third-order valence-corrected chi connectivity index (χ3v) is 5.85. The fourth-order valence-corrected chi connectivity index (χ4v) is 4.50. The molecule has 1 amide bonds. The van der Waals surface area contributed by atoms with Gasteiger partial charge in [-0.05, 0) is 52.0 Å². The van der Waals surface area contributed by atoms with Crippen LogP contribution in [0.2, 0.25) is 0 Å². The Morgan fingerprint density at radius 2 is 2.04 bits per heavy atom. The number of thiophene rings is 1. The number of likely N-dealkylation sites (tertiary alicyclic amines) is 1. The van der Waals surface area contributed by atoms with Crippen molar-refractivity contribution < 1.29 is 23.6 Å². The highest BCUT2D eigenvalue weighted by atomic mass is 32.1. The Balaban J connectivity index is 1.64. The van der Waals surface area contributed by atoms with E-state index in [9.17, 15) is 9.59 Å². The van der Waals surface area contributed by atoms with Crippen molar-refractivity contribution >= 4 is 23.4 Å². The van der Waals surface area contributed by atoms with E-state index in [4.69, 9.17) is 14.0 Å². The number of ether oxygens (including phenoxy) is 2. The van der Waals surface area contributed by atoms with E-state index in [1.54, 1.807) is 22.4 Å². The molecule has 2 aromatic rings. The second kappa shape index (κ2) is 8.34. The normalized spacial score (nSPS) is 15.5. The zero-order chi connectivity index (χ0) is 20.3. The van der Waals surface area contributed by atoms with Crippen LogP contribution in [0.15, 0.2) is 23.0 Å². The summed E-state index contributed by atoms with van der Waals surface area (Å²) in [4.78, 5) is 28.1. The summed E-state index contributed by atoms with van der Waals surface area (Å²) in [6, 6.07) is 1.90. The summed E-state index contributed by atoms with van der Waals surface area (Å²) in [5.41, 5.74) is 0.835. The predicted octanol–water partition coefficient (Wildman–Crippen LogP) is 4.38. The number of esters is 1. The van der Waals surface area contributed by atoms with Gasteiger partial charge in [-0.3, -0.25) is 0 Å². The maximum absolute atomic E-state index is 12.2. The summed E-state index contributed by atoms with van der Waals surface area (Å²) in [6.07, 6.45) is 5.57. The van der Waals surface area contributed by atoms with Crippen molar-refractivity contribution in [3.63, 3.8) is 0 Å². The molecule has 8 heteroatoms. The topological polar surface area (TPSA) is 81.9 Å². The molecule has 0 aliphatic carbocycles. The number of aromatic nitrogens is 1. The third-order valence-electron chi connectivity index (χ3n) is 4.64. The summed E-state index contributed by atoms with van der Waals surface area (Å²) in [5, 5.41) is 3.73. The highest BCUT2D eigenvalue weighted by molar-refractivity contribution is 7.16. The Morgan fingerprint density at radius 3 is 2.61 bits per heavy atom. The largest absolute Gasteiger partial charge is 0.465 e. The van der Waals surface area contributed by atoms with Crippen LogP contribution in [-0.4, -0.2) is 47.9 Å². The van der Waals surface area contributed by atoms with E-state index in [0.717, 1.165) is 34.6 Å². The first-order chi connectivity index (χ1) is 13.3. The lowest BCUT2D eigenvalue weighted by Crippen LogP contribution is -2.42. The van der Waals surface area contributed by atoms with Crippen molar-refractivity contribution in [1.82, 2.24) is 10.1 Å². The molecule has 0 saturated carbocycles. The Morgan fingerprint density at radius 1 is 1.32 bits per heavy atom. The Hall–Kier alpha value is -2.35. The van der Waals surface area contributed by atoms with E-state index in [2.05, 4.69) is 5.16 Å². The first-order valence-electron chi connectivity index (χ1n) is 9.35. The monoisotopic (exact) mass is 406 g/mol. The van der Waals surface area contributed by atoms with E-state index in [-0.39, 0.29) is 12.1 Å². The van der Waals surface area contributed by atoms with Crippen LogP contribution in [0.1, 0.15) is 48.8 Å². The molecular weight excluding hydrogens is 380 g/mol. The molecule has 0 atom stereocenters. The lowest BCUT2D eigenvalue weighted by Gasteiger charge is -2.33. The van der Waals surface area contributed by atoms with Gasteiger partial charge in [-0.1, -0.05) is 5.16 Å². The molecular formula is C20H26N2O5S. The standard InChI is InChI=1S/C20H26N2O5S/c1-20(2,3)27-19(24)22-7-5-13(6-8-22)9-15-10-16(18(23)25-4)17(28-15)14-11-21-26-12-14/h10-13H,5-9H2,1-4H3. The minimum absolute atomic E-state index is 0.246. The maximum Gasteiger partial charge on any atom is 0.410 e. The zero-order valence-electron chi connectivity index (χ0n) is 16.7. The molecule has 3 rings (SSSR count). The van der Waals surface area contributed by atoms with E-state index in [1.165, 1.54) is 13.4 Å². The molecule has 1 aliphatic rings. The van der Waals surface area contributed by atoms with Crippen molar-refractivity contribution in [3.8, 4) is 10.4 Å². The lowest BCUT2D eigenvalue weighted by molar-refractivity contribution is 0.0184. The molecule has 3 heterocycles. The van der Waals surface area contributed by atoms with Crippen molar-refractivity contribution in [1.29, 1.82) is 0 Å². The first kappa shape index (κ1) is 20.4. The first-order valence-corrected chi connectivity index (χ1v) is 10.2. The molecule has 1 fully saturated rings. The summed E-state index contributed by atoms with van der Waals surface area (Å²) in [6.45, 7) is 7.00. The molecule has 2 aromatic heterocycles. The van der Waals surface area contributed by atoms with Crippen LogP contribution in [0.3, 0.4) is 0 Å². The van der Waals surface area contributed by atoms with Gasteiger partial charge in [0.25, 0.3) is 0 Å². The Bertz CT molecular complexity index is 814. The van der Waals surface area contributed by atoms with Gasteiger partial charge >= 0.3 is 12.1 Å². The van der Waals surface area contributed by atoms with Gasteiger partial charge in [0.2, 0.25) is 0 Å². The van der Waals surface area contributed by atoms with Crippen LogP contribution in [-0.2, 0) is 15.9 Å². The Labute approximate surface area is 168 Å². The van der Waals surface area contributed by atoms with Crippen molar-refractivity contribution in [2.24, 2.45) is 5.92 Å². The highest BCUT2D eigenvalue weighted by Crippen LogP contribution is 2.35. The van der Waals surface area contributed by atoms with Gasteiger partial charge in [0, 0.05) is 18.0 Å². The molecule has 152 valence electrons. The number of piperidine rings is 1. The molecule has 0 radical (unpaired) electrons. The fourth-order valence-electron chi connectivity index (χ4n) is 3.27. The zero-order valence-corrected chi connectivity index (χ0v) is 17.5. The molecule has 0 bridgehead atoms. The molecule has 7 nitrogen and oxygen atoms in total. The average molecular weight is 407 g/mol. The van der Waals surface area contributed by atoms with Crippen LogP contribution in [0.5, 0.6) is 0 Å². The summed E-state index contributed by atoms with van der Waals surface area (Å²) >= 11 is 1.56. The van der Waals surface area contributed by atoms with Crippen LogP contribution in [0.25, 0.3) is 10.4 Å². The van der Waals surface area contributed by atoms with Crippen LogP contribution in [0, 0.1) is 5.92 Å². The molecule has 1 aliphatic heterocycles. The van der Waals surface area contributed by atoms with E-state index >= 15 is 0 Å². The molecule has 0 spiro atoms. The van der Waals surface area contributed by atoms with E-state index in [0.29, 0.717) is 24.6 Å². The lowest BCUT2D eigenvalue weighted by atomic mass is 9.93.